The number of pyridine rings is 1. The first kappa shape index (κ1) is 13.3. The van der Waals surface area contributed by atoms with Crippen molar-refractivity contribution in [3.8, 4) is 0 Å². The van der Waals surface area contributed by atoms with Crippen molar-refractivity contribution >= 4 is 17.5 Å². The maximum absolute atomic E-state index is 12.2. The molecule has 3 nitrogen and oxygen atoms in total. The SMILES string of the molecule is CN(CC1CCCCC1)C(=O)c1ccnc(Cl)c1. The molecule has 0 N–H and O–H groups in total. The van der Waals surface area contributed by atoms with Gasteiger partial charge in [-0.2, -0.15) is 0 Å². The van der Waals surface area contributed by atoms with Crippen molar-refractivity contribution in [2.75, 3.05) is 13.6 Å². The van der Waals surface area contributed by atoms with E-state index in [0.717, 1.165) is 6.54 Å². The van der Waals surface area contributed by atoms with Gasteiger partial charge in [-0.05, 0) is 30.9 Å². The first-order valence-corrected chi connectivity index (χ1v) is 6.91. The number of halogens is 1. The molecule has 0 bridgehead atoms. The minimum absolute atomic E-state index is 0.0323. The highest BCUT2D eigenvalue weighted by Crippen LogP contribution is 2.24. The maximum atomic E-state index is 12.2. The van der Waals surface area contributed by atoms with Crippen LogP contribution in [0.25, 0.3) is 0 Å². The van der Waals surface area contributed by atoms with Crippen LogP contribution in [-0.2, 0) is 0 Å². The van der Waals surface area contributed by atoms with Gasteiger partial charge in [-0.25, -0.2) is 4.98 Å². The van der Waals surface area contributed by atoms with Gasteiger partial charge in [0.1, 0.15) is 5.15 Å². The summed E-state index contributed by atoms with van der Waals surface area (Å²) >= 11 is 5.80. The number of hydrogen-bond acceptors (Lipinski definition) is 2. The third-order valence-electron chi connectivity index (χ3n) is 3.58. The summed E-state index contributed by atoms with van der Waals surface area (Å²) in [6, 6.07) is 3.34. The molecule has 0 aliphatic heterocycles. The molecule has 1 aromatic rings. The summed E-state index contributed by atoms with van der Waals surface area (Å²) in [6.45, 7) is 0.846. The lowest BCUT2D eigenvalue weighted by Crippen LogP contribution is -2.32. The van der Waals surface area contributed by atoms with Crippen LogP contribution in [0.3, 0.4) is 0 Å². The fourth-order valence-electron chi connectivity index (χ4n) is 2.60. The van der Waals surface area contributed by atoms with Crippen molar-refractivity contribution in [3.05, 3.63) is 29.0 Å². The second kappa shape index (κ2) is 6.19. The molecule has 0 spiro atoms. The smallest absolute Gasteiger partial charge is 0.253 e. The van der Waals surface area contributed by atoms with Gasteiger partial charge < -0.3 is 4.90 Å². The fourth-order valence-corrected chi connectivity index (χ4v) is 2.77. The normalized spacial score (nSPS) is 16.6. The van der Waals surface area contributed by atoms with Gasteiger partial charge in [0.25, 0.3) is 5.91 Å². The predicted molar refractivity (Wildman–Crippen MR) is 72.8 cm³/mol. The summed E-state index contributed by atoms with van der Waals surface area (Å²) in [4.78, 5) is 17.9. The van der Waals surface area contributed by atoms with E-state index in [2.05, 4.69) is 4.98 Å². The summed E-state index contributed by atoms with van der Waals surface area (Å²) in [5, 5.41) is 0.368. The minimum atomic E-state index is 0.0323. The van der Waals surface area contributed by atoms with Gasteiger partial charge in [-0.15, -0.1) is 0 Å². The summed E-state index contributed by atoms with van der Waals surface area (Å²) < 4.78 is 0. The molecule has 1 aliphatic carbocycles. The Hall–Kier alpha value is -1.09. The molecule has 0 atom stereocenters. The van der Waals surface area contributed by atoms with Crippen molar-refractivity contribution in [1.82, 2.24) is 9.88 Å². The summed E-state index contributed by atoms with van der Waals surface area (Å²) in [5.74, 6) is 0.690. The van der Waals surface area contributed by atoms with Crippen LogP contribution in [0, 0.1) is 5.92 Å². The van der Waals surface area contributed by atoms with Crippen molar-refractivity contribution < 1.29 is 4.79 Å². The third-order valence-corrected chi connectivity index (χ3v) is 3.78. The van der Waals surface area contributed by atoms with Gasteiger partial charge in [-0.3, -0.25) is 4.79 Å². The minimum Gasteiger partial charge on any atom is -0.341 e. The standard InChI is InChI=1S/C14H19ClN2O/c1-17(10-11-5-3-2-4-6-11)14(18)12-7-8-16-13(15)9-12/h7-9,11H,2-6,10H2,1H3. The van der Waals surface area contributed by atoms with E-state index in [1.54, 1.807) is 18.3 Å². The van der Waals surface area contributed by atoms with Crippen LogP contribution in [-0.4, -0.2) is 29.4 Å². The molecule has 0 radical (unpaired) electrons. The van der Waals surface area contributed by atoms with E-state index in [0.29, 0.717) is 16.6 Å². The number of aromatic nitrogens is 1. The number of amides is 1. The van der Waals surface area contributed by atoms with Crippen LogP contribution in [0.2, 0.25) is 5.15 Å². The highest BCUT2D eigenvalue weighted by atomic mass is 35.5. The molecular formula is C14H19ClN2O. The van der Waals surface area contributed by atoms with E-state index in [1.807, 2.05) is 11.9 Å². The van der Waals surface area contributed by atoms with Gasteiger partial charge in [0.2, 0.25) is 0 Å². The summed E-state index contributed by atoms with van der Waals surface area (Å²) in [5.41, 5.74) is 0.619. The van der Waals surface area contributed by atoms with E-state index < -0.39 is 0 Å². The number of carbonyl (C=O) groups is 1. The number of rotatable bonds is 3. The first-order valence-electron chi connectivity index (χ1n) is 6.54. The molecule has 18 heavy (non-hydrogen) atoms. The molecule has 4 heteroatoms. The zero-order valence-corrected chi connectivity index (χ0v) is 11.5. The maximum Gasteiger partial charge on any atom is 0.253 e. The fraction of sp³-hybridized carbons (Fsp3) is 0.571. The van der Waals surface area contributed by atoms with Crippen molar-refractivity contribution in [1.29, 1.82) is 0 Å². The summed E-state index contributed by atoms with van der Waals surface area (Å²) in [7, 11) is 1.87. The molecule has 1 saturated carbocycles. The Morgan fingerprint density at radius 3 is 2.83 bits per heavy atom. The molecule has 1 heterocycles. The Balaban J connectivity index is 1.95. The van der Waals surface area contributed by atoms with Crippen molar-refractivity contribution in [3.63, 3.8) is 0 Å². The topological polar surface area (TPSA) is 33.2 Å². The lowest BCUT2D eigenvalue weighted by Gasteiger charge is -2.27. The molecule has 1 amide bonds. The van der Waals surface area contributed by atoms with E-state index in [-0.39, 0.29) is 5.91 Å². The van der Waals surface area contributed by atoms with E-state index in [4.69, 9.17) is 11.6 Å². The molecule has 1 aliphatic rings. The average Bonchev–Trinajstić information content (AvgIpc) is 2.39. The first-order chi connectivity index (χ1) is 8.66. The van der Waals surface area contributed by atoms with Crippen LogP contribution >= 0.6 is 11.6 Å². The van der Waals surface area contributed by atoms with Crippen LogP contribution in [0.15, 0.2) is 18.3 Å². The quantitative estimate of drug-likeness (QED) is 0.786. The van der Waals surface area contributed by atoms with Gasteiger partial charge in [-0.1, -0.05) is 30.9 Å². The second-order valence-corrected chi connectivity index (χ2v) is 5.44. The second-order valence-electron chi connectivity index (χ2n) is 5.06. The molecule has 0 aromatic carbocycles. The molecule has 1 aromatic heterocycles. The van der Waals surface area contributed by atoms with E-state index in [1.165, 1.54) is 32.1 Å². The summed E-state index contributed by atoms with van der Waals surface area (Å²) in [6.07, 6.45) is 8.00. The Morgan fingerprint density at radius 2 is 2.17 bits per heavy atom. The lowest BCUT2D eigenvalue weighted by atomic mass is 9.89. The largest absolute Gasteiger partial charge is 0.341 e. The molecule has 0 saturated heterocycles. The number of hydrogen-bond donors (Lipinski definition) is 0. The van der Waals surface area contributed by atoms with Gasteiger partial charge in [0.15, 0.2) is 0 Å². The Bertz CT molecular complexity index is 416. The Labute approximate surface area is 113 Å². The number of nitrogens with zero attached hydrogens (tertiary/aromatic N) is 2. The average molecular weight is 267 g/mol. The molecule has 2 rings (SSSR count). The van der Waals surface area contributed by atoms with Crippen molar-refractivity contribution in [2.24, 2.45) is 5.92 Å². The van der Waals surface area contributed by atoms with Gasteiger partial charge in [0.05, 0.1) is 0 Å². The highest BCUT2D eigenvalue weighted by molar-refractivity contribution is 6.29. The van der Waals surface area contributed by atoms with Gasteiger partial charge >= 0.3 is 0 Å². The van der Waals surface area contributed by atoms with E-state index in [9.17, 15) is 4.79 Å². The Kier molecular flexibility index (Phi) is 4.59. The zero-order valence-electron chi connectivity index (χ0n) is 10.7. The van der Waals surface area contributed by atoms with Crippen LogP contribution in [0.5, 0.6) is 0 Å². The molecule has 98 valence electrons. The van der Waals surface area contributed by atoms with E-state index >= 15 is 0 Å². The molecule has 0 unspecified atom stereocenters. The zero-order chi connectivity index (χ0) is 13.0. The van der Waals surface area contributed by atoms with Crippen LogP contribution in [0.1, 0.15) is 42.5 Å². The third kappa shape index (κ3) is 3.45. The lowest BCUT2D eigenvalue weighted by molar-refractivity contribution is 0.0760. The molecular weight excluding hydrogens is 248 g/mol. The number of carbonyl (C=O) groups excluding carboxylic acids is 1. The molecule has 1 fully saturated rings. The van der Waals surface area contributed by atoms with Crippen LogP contribution < -0.4 is 0 Å². The Morgan fingerprint density at radius 1 is 1.44 bits per heavy atom. The van der Waals surface area contributed by atoms with Crippen molar-refractivity contribution in [2.45, 2.75) is 32.1 Å². The van der Waals surface area contributed by atoms with Crippen LogP contribution in [0.4, 0.5) is 0 Å². The predicted octanol–water partition coefficient (Wildman–Crippen LogP) is 3.39. The van der Waals surface area contributed by atoms with Gasteiger partial charge in [0, 0.05) is 25.4 Å². The highest BCUT2D eigenvalue weighted by Gasteiger charge is 2.19. The monoisotopic (exact) mass is 266 g/mol.